The van der Waals surface area contributed by atoms with Crippen LogP contribution in [-0.2, 0) is 15.4 Å². The normalized spacial score (nSPS) is 11.4. The zero-order valence-corrected chi connectivity index (χ0v) is 15.9. The first kappa shape index (κ1) is 17.1. The maximum atomic E-state index is 12.3. The Morgan fingerprint density at radius 3 is 2.05 bits per heavy atom. The summed E-state index contributed by atoms with van der Waals surface area (Å²) in [5.74, 6) is 0. The monoisotopic (exact) mass is 471 g/mol. The standard InChI is InChI=1S/C13H9Br2Cl2NO2S/c14-7-8-1-3-10(4-2-8)21(19,20)18-13-11(16)5-9(15)6-12(13)17/h1-6,18H,7H2. The second-order valence-electron chi connectivity index (χ2n) is 4.13. The highest BCUT2D eigenvalue weighted by Crippen LogP contribution is 2.35. The first-order chi connectivity index (χ1) is 9.83. The van der Waals surface area contributed by atoms with Crippen LogP contribution in [0.5, 0.6) is 0 Å². The Balaban J connectivity index is 2.37. The van der Waals surface area contributed by atoms with E-state index in [-0.39, 0.29) is 20.6 Å². The summed E-state index contributed by atoms with van der Waals surface area (Å²) in [7, 11) is -3.75. The Bertz CT molecular complexity index is 741. The summed E-state index contributed by atoms with van der Waals surface area (Å²) in [5, 5.41) is 1.09. The van der Waals surface area contributed by atoms with Crippen molar-refractivity contribution >= 4 is 70.8 Å². The molecular formula is C13H9Br2Cl2NO2S. The molecule has 21 heavy (non-hydrogen) atoms. The van der Waals surface area contributed by atoms with Gasteiger partial charge in [0.2, 0.25) is 0 Å². The van der Waals surface area contributed by atoms with Crippen molar-refractivity contribution in [2.75, 3.05) is 4.72 Å². The minimum Gasteiger partial charge on any atom is -0.277 e. The number of sulfonamides is 1. The average Bonchev–Trinajstić information content (AvgIpc) is 2.43. The van der Waals surface area contributed by atoms with E-state index < -0.39 is 10.0 Å². The number of hydrogen-bond acceptors (Lipinski definition) is 2. The number of halogens is 4. The molecule has 2 aromatic rings. The summed E-state index contributed by atoms with van der Waals surface area (Å²) in [6.45, 7) is 0. The van der Waals surface area contributed by atoms with Gasteiger partial charge in [-0.3, -0.25) is 4.72 Å². The van der Waals surface area contributed by atoms with Gasteiger partial charge in [0.25, 0.3) is 10.0 Å². The van der Waals surface area contributed by atoms with E-state index in [2.05, 4.69) is 36.6 Å². The molecule has 0 aliphatic carbocycles. The first-order valence-electron chi connectivity index (χ1n) is 5.66. The van der Waals surface area contributed by atoms with E-state index in [0.29, 0.717) is 9.80 Å². The third-order valence-electron chi connectivity index (χ3n) is 2.63. The van der Waals surface area contributed by atoms with Crippen LogP contribution >= 0.6 is 55.1 Å². The van der Waals surface area contributed by atoms with E-state index in [0.717, 1.165) is 5.56 Å². The van der Waals surface area contributed by atoms with Crippen LogP contribution < -0.4 is 4.72 Å². The molecule has 2 aromatic carbocycles. The molecule has 0 aliphatic rings. The molecule has 0 unspecified atom stereocenters. The zero-order valence-electron chi connectivity index (χ0n) is 10.4. The lowest BCUT2D eigenvalue weighted by Gasteiger charge is -2.12. The highest BCUT2D eigenvalue weighted by molar-refractivity contribution is 9.10. The molecule has 0 aliphatic heterocycles. The van der Waals surface area contributed by atoms with Gasteiger partial charge in [-0.2, -0.15) is 0 Å². The maximum Gasteiger partial charge on any atom is 0.261 e. The van der Waals surface area contributed by atoms with Crippen LogP contribution in [0.3, 0.4) is 0 Å². The minimum absolute atomic E-state index is 0.141. The Morgan fingerprint density at radius 1 is 1.05 bits per heavy atom. The number of benzene rings is 2. The number of rotatable bonds is 4. The van der Waals surface area contributed by atoms with Gasteiger partial charge in [-0.25, -0.2) is 8.42 Å². The first-order valence-corrected chi connectivity index (χ1v) is 9.81. The summed E-state index contributed by atoms with van der Waals surface area (Å²) in [4.78, 5) is 0.141. The molecular weight excluding hydrogens is 465 g/mol. The second-order valence-corrected chi connectivity index (χ2v) is 8.10. The van der Waals surface area contributed by atoms with Gasteiger partial charge in [0, 0.05) is 9.80 Å². The van der Waals surface area contributed by atoms with Crippen molar-refractivity contribution in [2.45, 2.75) is 10.2 Å². The van der Waals surface area contributed by atoms with Crippen LogP contribution in [0.15, 0.2) is 45.8 Å². The lowest BCUT2D eigenvalue weighted by atomic mass is 10.2. The third kappa shape index (κ3) is 4.13. The van der Waals surface area contributed by atoms with Gasteiger partial charge in [0.1, 0.15) is 0 Å². The van der Waals surface area contributed by atoms with Crippen molar-refractivity contribution in [3.63, 3.8) is 0 Å². The highest BCUT2D eigenvalue weighted by atomic mass is 79.9. The predicted octanol–water partition coefficient (Wildman–Crippen LogP) is 5.45. The van der Waals surface area contributed by atoms with Gasteiger partial charge in [0.15, 0.2) is 0 Å². The second kappa shape index (κ2) is 6.87. The van der Waals surface area contributed by atoms with E-state index in [1.54, 1.807) is 24.3 Å². The lowest BCUT2D eigenvalue weighted by Crippen LogP contribution is -2.13. The molecule has 0 saturated heterocycles. The Hall–Kier alpha value is -0.270. The highest BCUT2D eigenvalue weighted by Gasteiger charge is 2.18. The van der Waals surface area contributed by atoms with Crippen LogP contribution in [0.2, 0.25) is 10.0 Å². The van der Waals surface area contributed by atoms with Gasteiger partial charge in [-0.15, -0.1) is 0 Å². The summed E-state index contributed by atoms with van der Waals surface area (Å²) in [5.41, 5.74) is 1.14. The zero-order chi connectivity index (χ0) is 15.6. The summed E-state index contributed by atoms with van der Waals surface area (Å²) >= 11 is 18.6. The smallest absolute Gasteiger partial charge is 0.261 e. The molecule has 2 rings (SSSR count). The van der Waals surface area contributed by atoms with E-state index >= 15 is 0 Å². The van der Waals surface area contributed by atoms with Crippen LogP contribution in [0, 0.1) is 0 Å². The van der Waals surface area contributed by atoms with Crippen LogP contribution in [0.25, 0.3) is 0 Å². The predicted molar refractivity (Wildman–Crippen MR) is 94.0 cm³/mol. The molecule has 8 heteroatoms. The molecule has 0 atom stereocenters. The van der Waals surface area contributed by atoms with Crippen molar-refractivity contribution in [2.24, 2.45) is 0 Å². The largest absolute Gasteiger partial charge is 0.277 e. The molecule has 0 fully saturated rings. The fraction of sp³-hybridized carbons (Fsp3) is 0.0769. The van der Waals surface area contributed by atoms with Crippen LogP contribution in [-0.4, -0.2) is 8.42 Å². The fourth-order valence-electron chi connectivity index (χ4n) is 1.59. The third-order valence-corrected chi connectivity index (χ3v) is 5.70. The van der Waals surface area contributed by atoms with Gasteiger partial charge in [0.05, 0.1) is 20.6 Å². The molecule has 0 radical (unpaired) electrons. The number of hydrogen-bond donors (Lipinski definition) is 1. The topological polar surface area (TPSA) is 46.2 Å². The minimum atomic E-state index is -3.75. The van der Waals surface area contributed by atoms with E-state index in [1.807, 2.05) is 0 Å². The molecule has 0 amide bonds. The van der Waals surface area contributed by atoms with Crippen molar-refractivity contribution in [3.8, 4) is 0 Å². The SMILES string of the molecule is O=S(=O)(Nc1c(Cl)cc(Br)cc1Cl)c1ccc(CBr)cc1. The molecule has 0 aromatic heterocycles. The summed E-state index contributed by atoms with van der Waals surface area (Å²) in [6, 6.07) is 9.65. The van der Waals surface area contributed by atoms with E-state index in [4.69, 9.17) is 23.2 Å². The van der Waals surface area contributed by atoms with E-state index in [1.165, 1.54) is 12.1 Å². The number of anilines is 1. The molecule has 112 valence electrons. The Labute approximate surface area is 150 Å². The van der Waals surface area contributed by atoms with Crippen molar-refractivity contribution in [1.29, 1.82) is 0 Å². The maximum absolute atomic E-state index is 12.3. The van der Waals surface area contributed by atoms with Crippen LogP contribution in [0.1, 0.15) is 5.56 Å². The van der Waals surface area contributed by atoms with Crippen molar-refractivity contribution in [3.05, 3.63) is 56.5 Å². The fourth-order valence-corrected chi connectivity index (χ4v) is 4.48. The van der Waals surface area contributed by atoms with Gasteiger partial charge >= 0.3 is 0 Å². The van der Waals surface area contributed by atoms with Gasteiger partial charge in [-0.05, 0) is 29.8 Å². The molecule has 0 saturated carbocycles. The Kier molecular flexibility index (Phi) is 5.59. The van der Waals surface area contributed by atoms with Gasteiger partial charge < -0.3 is 0 Å². The van der Waals surface area contributed by atoms with E-state index in [9.17, 15) is 8.42 Å². The molecule has 0 bridgehead atoms. The Morgan fingerprint density at radius 2 is 1.57 bits per heavy atom. The average molecular weight is 474 g/mol. The van der Waals surface area contributed by atoms with Crippen molar-refractivity contribution < 1.29 is 8.42 Å². The number of nitrogens with one attached hydrogen (secondary N) is 1. The molecule has 0 spiro atoms. The van der Waals surface area contributed by atoms with Gasteiger partial charge in [-0.1, -0.05) is 67.2 Å². The molecule has 3 nitrogen and oxygen atoms in total. The quantitative estimate of drug-likeness (QED) is 0.600. The molecule has 1 N–H and O–H groups in total. The van der Waals surface area contributed by atoms with Crippen LogP contribution in [0.4, 0.5) is 5.69 Å². The lowest BCUT2D eigenvalue weighted by molar-refractivity contribution is 0.601. The summed E-state index contributed by atoms with van der Waals surface area (Å²) in [6.07, 6.45) is 0. The summed E-state index contributed by atoms with van der Waals surface area (Å²) < 4.78 is 27.8. The number of alkyl halides is 1. The molecule has 0 heterocycles. The van der Waals surface area contributed by atoms with Crippen molar-refractivity contribution in [1.82, 2.24) is 0 Å².